The van der Waals surface area contributed by atoms with Crippen LogP contribution in [0.4, 0.5) is 0 Å². The molecule has 0 atom stereocenters. The highest BCUT2D eigenvalue weighted by atomic mass is 16.3. The summed E-state index contributed by atoms with van der Waals surface area (Å²) < 4.78 is 0. The van der Waals surface area contributed by atoms with Gasteiger partial charge in [0, 0.05) is 11.1 Å². The van der Waals surface area contributed by atoms with E-state index in [0.29, 0.717) is 29.4 Å². The minimum atomic E-state index is -0.176. The molecule has 0 radical (unpaired) electrons. The zero-order valence-electron chi connectivity index (χ0n) is 18.4. The lowest BCUT2D eigenvalue weighted by molar-refractivity contribution is 0.274. The van der Waals surface area contributed by atoms with Gasteiger partial charge < -0.3 is 20.4 Å². The maximum atomic E-state index is 10.7. The number of rotatable bonds is 6. The monoisotopic (exact) mass is 424 g/mol. The van der Waals surface area contributed by atoms with E-state index in [1.165, 1.54) is 38.5 Å². The molecule has 31 heavy (non-hydrogen) atoms. The first kappa shape index (κ1) is 22.2. The van der Waals surface area contributed by atoms with Gasteiger partial charge in [0.25, 0.3) is 0 Å². The Morgan fingerprint density at radius 2 is 0.968 bits per heavy atom. The van der Waals surface area contributed by atoms with Gasteiger partial charge in [-0.15, -0.1) is 0 Å². The van der Waals surface area contributed by atoms with Crippen molar-refractivity contribution in [2.24, 2.45) is 0 Å². The Morgan fingerprint density at radius 1 is 0.581 bits per heavy atom. The number of hydrogen-bond acceptors (Lipinski definition) is 4. The molecule has 4 heteroatoms. The topological polar surface area (TPSA) is 80.9 Å². The van der Waals surface area contributed by atoms with Crippen LogP contribution in [-0.2, 0) is 19.6 Å². The number of phenols is 2. The first-order valence-corrected chi connectivity index (χ1v) is 12.0. The van der Waals surface area contributed by atoms with Crippen LogP contribution in [0, 0.1) is 0 Å². The van der Waals surface area contributed by atoms with E-state index in [1.54, 1.807) is 0 Å². The van der Waals surface area contributed by atoms with Gasteiger partial charge in [0.15, 0.2) is 0 Å². The van der Waals surface area contributed by atoms with Crippen molar-refractivity contribution in [3.05, 3.63) is 57.6 Å². The van der Waals surface area contributed by atoms with Crippen LogP contribution < -0.4 is 0 Å². The molecule has 0 aliphatic heterocycles. The Kier molecular flexibility index (Phi) is 7.19. The lowest BCUT2D eigenvalue weighted by Gasteiger charge is -2.25. The summed E-state index contributed by atoms with van der Waals surface area (Å²) in [6.07, 6.45) is 12.2. The van der Waals surface area contributed by atoms with Crippen LogP contribution in [0.15, 0.2) is 24.3 Å². The molecule has 2 fully saturated rings. The van der Waals surface area contributed by atoms with Crippen LogP contribution in [0.5, 0.6) is 11.5 Å². The summed E-state index contributed by atoms with van der Waals surface area (Å²) in [4.78, 5) is 0. The third kappa shape index (κ3) is 4.91. The molecule has 2 aliphatic carbocycles. The van der Waals surface area contributed by atoms with Gasteiger partial charge in [0.1, 0.15) is 11.5 Å². The van der Waals surface area contributed by atoms with E-state index in [4.69, 9.17) is 0 Å². The number of hydrogen-bond donors (Lipinski definition) is 4. The molecule has 0 aromatic heterocycles. The van der Waals surface area contributed by atoms with Gasteiger partial charge in [-0.3, -0.25) is 0 Å². The van der Waals surface area contributed by atoms with Crippen LogP contribution in [0.25, 0.3) is 0 Å². The minimum Gasteiger partial charge on any atom is -0.507 e. The number of aliphatic hydroxyl groups is 2. The highest BCUT2D eigenvalue weighted by molar-refractivity contribution is 5.49. The molecule has 0 unspecified atom stereocenters. The summed E-state index contributed by atoms with van der Waals surface area (Å²) in [7, 11) is 0. The maximum absolute atomic E-state index is 10.7. The molecule has 2 aliphatic rings. The lowest BCUT2D eigenvalue weighted by Crippen LogP contribution is -2.08. The average molecular weight is 425 g/mol. The highest BCUT2D eigenvalue weighted by Gasteiger charge is 2.23. The van der Waals surface area contributed by atoms with Gasteiger partial charge in [-0.2, -0.15) is 0 Å². The Labute approximate surface area is 185 Å². The van der Waals surface area contributed by atoms with Gasteiger partial charge in [0.2, 0.25) is 0 Å². The SMILES string of the molecule is OCc1cc(Cc2cc(CO)c(O)c(C3CCCCC3)c2)cc(C2CCCCC2)c1O. The van der Waals surface area contributed by atoms with Crippen LogP contribution >= 0.6 is 0 Å². The third-order valence-electron chi connectivity index (χ3n) is 7.40. The normalized spacial score (nSPS) is 18.4. The fraction of sp³-hybridized carbons (Fsp3) is 0.556. The molecule has 2 saturated carbocycles. The molecular weight excluding hydrogens is 388 g/mol. The van der Waals surface area contributed by atoms with E-state index < -0.39 is 0 Å². The van der Waals surface area contributed by atoms with Crippen LogP contribution in [0.3, 0.4) is 0 Å². The van der Waals surface area contributed by atoms with Gasteiger partial charge in [0.05, 0.1) is 13.2 Å². The molecule has 4 nitrogen and oxygen atoms in total. The first-order valence-electron chi connectivity index (χ1n) is 12.0. The Balaban J connectivity index is 1.68. The molecule has 0 heterocycles. The predicted octanol–water partition coefficient (Wildman–Crippen LogP) is 5.77. The van der Waals surface area contributed by atoms with Crippen LogP contribution in [0.1, 0.15) is 109 Å². The molecule has 2 aromatic carbocycles. The second-order valence-electron chi connectivity index (χ2n) is 9.55. The maximum Gasteiger partial charge on any atom is 0.124 e. The lowest BCUT2D eigenvalue weighted by atomic mass is 9.81. The van der Waals surface area contributed by atoms with Gasteiger partial charge in [-0.1, -0.05) is 50.7 Å². The standard InChI is InChI=1S/C27H36O4/c28-16-22-12-18(14-24(26(22)30)20-7-3-1-4-8-20)11-19-13-23(17-29)27(31)25(15-19)21-9-5-2-6-10-21/h12-15,20-21,28-31H,1-11,16-17H2. The van der Waals surface area contributed by atoms with Crippen molar-refractivity contribution in [1.29, 1.82) is 0 Å². The molecule has 0 saturated heterocycles. The summed E-state index contributed by atoms with van der Waals surface area (Å²) in [6, 6.07) is 8.01. The molecule has 168 valence electrons. The molecule has 4 N–H and O–H groups in total. The van der Waals surface area contributed by atoms with E-state index in [-0.39, 0.29) is 24.7 Å². The zero-order chi connectivity index (χ0) is 21.8. The Bertz CT molecular complexity index is 819. The molecule has 4 rings (SSSR count). The molecule has 2 aromatic rings. The van der Waals surface area contributed by atoms with Crippen molar-refractivity contribution in [2.75, 3.05) is 0 Å². The van der Waals surface area contributed by atoms with E-state index in [1.807, 2.05) is 12.1 Å². The summed E-state index contributed by atoms with van der Waals surface area (Å²) in [6.45, 7) is -0.353. The van der Waals surface area contributed by atoms with Crippen molar-refractivity contribution >= 4 is 0 Å². The van der Waals surface area contributed by atoms with Crippen molar-refractivity contribution in [2.45, 2.75) is 95.7 Å². The number of aliphatic hydroxyl groups excluding tert-OH is 2. The number of aromatic hydroxyl groups is 2. The van der Waals surface area contributed by atoms with Gasteiger partial charge in [-0.25, -0.2) is 0 Å². The van der Waals surface area contributed by atoms with E-state index in [9.17, 15) is 20.4 Å². The van der Waals surface area contributed by atoms with Crippen molar-refractivity contribution < 1.29 is 20.4 Å². The smallest absolute Gasteiger partial charge is 0.124 e. The fourth-order valence-electron chi connectivity index (χ4n) is 5.71. The summed E-state index contributed by atoms with van der Waals surface area (Å²) in [5, 5.41) is 41.2. The van der Waals surface area contributed by atoms with Crippen LogP contribution in [-0.4, -0.2) is 20.4 Å². The second kappa shape index (κ2) is 10.1. The van der Waals surface area contributed by atoms with Crippen LogP contribution in [0.2, 0.25) is 0 Å². The molecule has 0 amide bonds. The number of benzene rings is 2. The Hall–Kier alpha value is -2.04. The summed E-state index contributed by atoms with van der Waals surface area (Å²) in [5.41, 5.74) is 5.24. The molecular formula is C27H36O4. The quantitative estimate of drug-likeness (QED) is 0.475. The minimum absolute atomic E-state index is 0.176. The third-order valence-corrected chi connectivity index (χ3v) is 7.40. The highest BCUT2D eigenvalue weighted by Crippen LogP contribution is 2.41. The van der Waals surface area contributed by atoms with E-state index in [0.717, 1.165) is 47.9 Å². The van der Waals surface area contributed by atoms with E-state index in [2.05, 4.69) is 12.1 Å². The van der Waals surface area contributed by atoms with Gasteiger partial charge >= 0.3 is 0 Å². The van der Waals surface area contributed by atoms with E-state index >= 15 is 0 Å². The average Bonchev–Trinajstić information content (AvgIpc) is 2.82. The largest absolute Gasteiger partial charge is 0.507 e. The summed E-state index contributed by atoms with van der Waals surface area (Å²) in [5.74, 6) is 1.21. The fourth-order valence-corrected chi connectivity index (χ4v) is 5.71. The zero-order valence-corrected chi connectivity index (χ0v) is 18.4. The molecule has 0 bridgehead atoms. The second-order valence-corrected chi connectivity index (χ2v) is 9.55. The van der Waals surface area contributed by atoms with Crippen molar-refractivity contribution in [1.82, 2.24) is 0 Å². The first-order chi connectivity index (χ1) is 15.1. The molecule has 0 spiro atoms. The Morgan fingerprint density at radius 3 is 1.32 bits per heavy atom. The van der Waals surface area contributed by atoms with Crippen molar-refractivity contribution in [3.63, 3.8) is 0 Å². The predicted molar refractivity (Wildman–Crippen MR) is 123 cm³/mol. The summed E-state index contributed by atoms with van der Waals surface area (Å²) >= 11 is 0. The van der Waals surface area contributed by atoms with Gasteiger partial charge in [-0.05, 0) is 78.3 Å². The van der Waals surface area contributed by atoms with Crippen molar-refractivity contribution in [3.8, 4) is 11.5 Å².